The van der Waals surface area contributed by atoms with Crippen LogP contribution in [0.2, 0.25) is 0 Å². The Morgan fingerprint density at radius 3 is 1.92 bits per heavy atom. The summed E-state index contributed by atoms with van der Waals surface area (Å²) in [5, 5.41) is 0. The predicted molar refractivity (Wildman–Crippen MR) is 91.8 cm³/mol. The lowest BCUT2D eigenvalue weighted by molar-refractivity contribution is -0.131. The maximum Gasteiger partial charge on any atom is 0.246 e. The molecule has 1 aromatic rings. The van der Waals surface area contributed by atoms with Crippen molar-refractivity contribution < 1.29 is 14.3 Å². The Hall–Kier alpha value is -2.34. The monoisotopic (exact) mass is 329 g/mol. The molecule has 0 N–H and O–H groups in total. The third-order valence-corrected chi connectivity index (χ3v) is 4.40. The summed E-state index contributed by atoms with van der Waals surface area (Å²) in [6, 6.07) is 10.2. The van der Waals surface area contributed by atoms with Gasteiger partial charge in [-0.2, -0.15) is 0 Å². The van der Waals surface area contributed by atoms with Crippen molar-refractivity contribution in [3.05, 3.63) is 42.5 Å². The Balaban J connectivity index is 1.48. The summed E-state index contributed by atoms with van der Waals surface area (Å²) in [6.45, 7) is 5.26. The van der Waals surface area contributed by atoms with Crippen LogP contribution in [0.25, 0.3) is 0 Å². The van der Waals surface area contributed by atoms with E-state index >= 15 is 0 Å². The van der Waals surface area contributed by atoms with E-state index in [0.29, 0.717) is 39.4 Å². The number of para-hydroxylation sites is 1. The van der Waals surface area contributed by atoms with Crippen molar-refractivity contribution >= 4 is 17.5 Å². The van der Waals surface area contributed by atoms with Crippen molar-refractivity contribution in [2.45, 2.75) is 0 Å². The number of morpholine rings is 1. The van der Waals surface area contributed by atoms with Crippen LogP contribution in [-0.2, 0) is 14.3 Å². The number of benzene rings is 1. The summed E-state index contributed by atoms with van der Waals surface area (Å²) >= 11 is 0. The van der Waals surface area contributed by atoms with Crippen LogP contribution in [0.4, 0.5) is 5.69 Å². The molecule has 0 aromatic heterocycles. The minimum Gasteiger partial charge on any atom is -0.378 e. The van der Waals surface area contributed by atoms with Gasteiger partial charge < -0.3 is 19.4 Å². The van der Waals surface area contributed by atoms with Crippen LogP contribution >= 0.6 is 0 Å². The molecule has 0 spiro atoms. The van der Waals surface area contributed by atoms with Gasteiger partial charge in [-0.3, -0.25) is 9.59 Å². The van der Waals surface area contributed by atoms with Crippen LogP contribution < -0.4 is 4.90 Å². The smallest absolute Gasteiger partial charge is 0.246 e. The molecule has 6 nitrogen and oxygen atoms in total. The van der Waals surface area contributed by atoms with Crippen LogP contribution in [0.15, 0.2) is 42.5 Å². The van der Waals surface area contributed by atoms with E-state index in [2.05, 4.69) is 17.0 Å². The molecule has 0 atom stereocenters. The lowest BCUT2D eigenvalue weighted by Crippen LogP contribution is -2.48. The zero-order valence-corrected chi connectivity index (χ0v) is 13.8. The van der Waals surface area contributed by atoms with Crippen LogP contribution in [0.5, 0.6) is 0 Å². The second kappa shape index (κ2) is 7.97. The molecular formula is C18H23N3O3. The molecule has 2 saturated heterocycles. The summed E-state index contributed by atoms with van der Waals surface area (Å²) in [6.07, 6.45) is 2.78. The maximum atomic E-state index is 12.3. The van der Waals surface area contributed by atoms with E-state index in [1.807, 2.05) is 18.2 Å². The van der Waals surface area contributed by atoms with Crippen molar-refractivity contribution in [2.75, 3.05) is 57.4 Å². The number of ether oxygens (including phenoxy) is 1. The van der Waals surface area contributed by atoms with Gasteiger partial charge in [-0.15, -0.1) is 0 Å². The van der Waals surface area contributed by atoms with Gasteiger partial charge in [-0.05, 0) is 12.1 Å². The molecule has 1 aromatic carbocycles. The molecule has 0 aliphatic carbocycles. The Labute approximate surface area is 142 Å². The zero-order valence-electron chi connectivity index (χ0n) is 13.8. The number of carbonyl (C=O) groups is 2. The van der Waals surface area contributed by atoms with Crippen LogP contribution in [0.1, 0.15) is 0 Å². The van der Waals surface area contributed by atoms with Gasteiger partial charge in [0.05, 0.1) is 13.2 Å². The highest BCUT2D eigenvalue weighted by molar-refractivity contribution is 5.96. The number of anilines is 1. The van der Waals surface area contributed by atoms with Crippen molar-refractivity contribution in [1.29, 1.82) is 0 Å². The molecule has 2 aliphatic rings. The summed E-state index contributed by atoms with van der Waals surface area (Å²) in [5.74, 6) is -0.209. The van der Waals surface area contributed by atoms with Gasteiger partial charge in [0, 0.05) is 57.1 Å². The summed E-state index contributed by atoms with van der Waals surface area (Å²) in [7, 11) is 0. The molecule has 0 bridgehead atoms. The largest absolute Gasteiger partial charge is 0.378 e. The van der Waals surface area contributed by atoms with Crippen LogP contribution in [0.3, 0.4) is 0 Å². The summed E-state index contributed by atoms with van der Waals surface area (Å²) < 4.78 is 5.22. The molecule has 128 valence electrons. The highest BCUT2D eigenvalue weighted by Crippen LogP contribution is 2.15. The van der Waals surface area contributed by atoms with Gasteiger partial charge in [0.25, 0.3) is 0 Å². The quantitative estimate of drug-likeness (QED) is 0.768. The van der Waals surface area contributed by atoms with Crippen molar-refractivity contribution in [1.82, 2.24) is 9.80 Å². The second-order valence-electron chi connectivity index (χ2n) is 5.92. The molecule has 6 heteroatoms. The molecule has 2 heterocycles. The first-order valence-corrected chi connectivity index (χ1v) is 8.38. The van der Waals surface area contributed by atoms with Gasteiger partial charge in [-0.25, -0.2) is 0 Å². The van der Waals surface area contributed by atoms with Crippen molar-refractivity contribution in [2.24, 2.45) is 0 Å². The molecule has 2 amide bonds. The van der Waals surface area contributed by atoms with E-state index in [0.717, 1.165) is 13.1 Å². The zero-order chi connectivity index (χ0) is 16.8. The number of nitrogens with zero attached hydrogens (tertiary/aromatic N) is 3. The van der Waals surface area contributed by atoms with Crippen molar-refractivity contribution in [3.8, 4) is 0 Å². The van der Waals surface area contributed by atoms with Gasteiger partial charge in [-0.1, -0.05) is 18.2 Å². The van der Waals surface area contributed by atoms with Crippen LogP contribution in [-0.4, -0.2) is 74.1 Å². The molecule has 0 radical (unpaired) electrons. The van der Waals surface area contributed by atoms with Gasteiger partial charge >= 0.3 is 0 Å². The average molecular weight is 329 g/mol. The molecule has 2 fully saturated rings. The van der Waals surface area contributed by atoms with E-state index in [9.17, 15) is 9.59 Å². The first-order chi connectivity index (χ1) is 11.7. The maximum absolute atomic E-state index is 12.3. The Morgan fingerprint density at radius 1 is 0.792 bits per heavy atom. The molecular weight excluding hydrogens is 306 g/mol. The average Bonchev–Trinajstić information content (AvgIpc) is 2.67. The SMILES string of the molecule is O=C(C=CC(=O)N1CCN(c2ccccc2)CC1)N1CCOCC1. The highest BCUT2D eigenvalue weighted by atomic mass is 16.5. The Morgan fingerprint density at radius 2 is 1.33 bits per heavy atom. The third kappa shape index (κ3) is 4.14. The minimum atomic E-state index is -0.116. The summed E-state index contributed by atoms with van der Waals surface area (Å²) in [5.41, 5.74) is 1.18. The standard InChI is InChI=1S/C18H23N3O3/c22-17(6-7-18(23)21-12-14-24-15-13-21)20-10-8-19(9-11-20)16-4-2-1-3-5-16/h1-7H,8-15H2. The number of rotatable bonds is 3. The van der Waals surface area contributed by atoms with E-state index in [1.165, 1.54) is 17.8 Å². The first-order valence-electron chi connectivity index (χ1n) is 8.38. The number of amides is 2. The van der Waals surface area contributed by atoms with Gasteiger partial charge in [0.2, 0.25) is 11.8 Å². The van der Waals surface area contributed by atoms with E-state index in [1.54, 1.807) is 9.80 Å². The normalized spacial score (nSPS) is 18.9. The third-order valence-electron chi connectivity index (χ3n) is 4.40. The fraction of sp³-hybridized carbons (Fsp3) is 0.444. The number of hydrogen-bond donors (Lipinski definition) is 0. The molecule has 2 aliphatic heterocycles. The second-order valence-corrected chi connectivity index (χ2v) is 5.92. The van der Waals surface area contributed by atoms with E-state index in [4.69, 9.17) is 4.74 Å². The topological polar surface area (TPSA) is 53.1 Å². The molecule has 0 saturated carbocycles. The van der Waals surface area contributed by atoms with Gasteiger partial charge in [0.1, 0.15) is 0 Å². The molecule has 0 unspecified atom stereocenters. The lowest BCUT2D eigenvalue weighted by Gasteiger charge is -2.35. The number of carbonyl (C=O) groups excluding carboxylic acids is 2. The fourth-order valence-electron chi connectivity index (χ4n) is 2.96. The number of hydrogen-bond acceptors (Lipinski definition) is 4. The van der Waals surface area contributed by atoms with Crippen LogP contribution in [0, 0.1) is 0 Å². The Bertz CT molecular complexity index is 589. The highest BCUT2D eigenvalue weighted by Gasteiger charge is 2.20. The molecule has 3 rings (SSSR count). The van der Waals surface area contributed by atoms with Gasteiger partial charge in [0.15, 0.2) is 0 Å². The van der Waals surface area contributed by atoms with E-state index in [-0.39, 0.29) is 11.8 Å². The summed E-state index contributed by atoms with van der Waals surface area (Å²) in [4.78, 5) is 30.1. The van der Waals surface area contributed by atoms with E-state index < -0.39 is 0 Å². The first kappa shape index (κ1) is 16.5. The number of piperazine rings is 1. The van der Waals surface area contributed by atoms with Crippen molar-refractivity contribution in [3.63, 3.8) is 0 Å². The minimum absolute atomic E-state index is 0.0932. The Kier molecular flexibility index (Phi) is 5.48. The predicted octanol–water partition coefficient (Wildman–Crippen LogP) is 0.750. The lowest BCUT2D eigenvalue weighted by atomic mass is 10.2. The fourth-order valence-corrected chi connectivity index (χ4v) is 2.96. The molecule has 24 heavy (non-hydrogen) atoms.